The van der Waals surface area contributed by atoms with Crippen molar-refractivity contribution >= 4 is 34.2 Å². The first-order valence-corrected chi connectivity index (χ1v) is 9.36. The zero-order valence-electron chi connectivity index (χ0n) is 16.0. The number of esters is 2. The van der Waals surface area contributed by atoms with Crippen LogP contribution in [-0.4, -0.2) is 40.3 Å². The van der Waals surface area contributed by atoms with Gasteiger partial charge < -0.3 is 14.8 Å². The number of nitrogens with zero attached hydrogens (tertiary/aromatic N) is 2. The van der Waals surface area contributed by atoms with Crippen LogP contribution in [0.2, 0.25) is 0 Å². The van der Waals surface area contributed by atoms with Gasteiger partial charge in [-0.1, -0.05) is 0 Å². The number of amides is 1. The Hall–Kier alpha value is -2.68. The van der Waals surface area contributed by atoms with Crippen molar-refractivity contribution in [3.05, 3.63) is 34.0 Å². The molecule has 0 fully saturated rings. The summed E-state index contributed by atoms with van der Waals surface area (Å²) in [5.41, 5.74) is 1.39. The molecule has 0 unspecified atom stereocenters. The molecule has 0 aliphatic heterocycles. The van der Waals surface area contributed by atoms with E-state index in [0.29, 0.717) is 5.56 Å². The Kier molecular flexibility index (Phi) is 6.73. The first kappa shape index (κ1) is 20.6. The smallest absolute Gasteiger partial charge is 0.348 e. The lowest BCUT2D eigenvalue weighted by Gasteiger charge is -2.10. The summed E-state index contributed by atoms with van der Waals surface area (Å²) < 4.78 is 11.8. The fourth-order valence-corrected chi connectivity index (χ4v) is 3.48. The zero-order chi connectivity index (χ0) is 20.1. The van der Waals surface area contributed by atoms with Gasteiger partial charge >= 0.3 is 11.9 Å². The highest BCUT2D eigenvalue weighted by Gasteiger charge is 2.28. The third kappa shape index (κ3) is 5.16. The molecule has 0 bridgehead atoms. The standard InChI is InChI=1S/C18H23N3O5S/c1-6-25-18(24)15-12(5)14(17(23)26-10(2)3)16(27-15)19-13(22)9-21-8-7-11(4)20-21/h7-8,10H,6,9H2,1-5H3,(H,19,22). The largest absolute Gasteiger partial charge is 0.462 e. The van der Waals surface area contributed by atoms with Gasteiger partial charge in [0.2, 0.25) is 5.91 Å². The van der Waals surface area contributed by atoms with Gasteiger partial charge in [0, 0.05) is 6.20 Å². The number of carbonyl (C=O) groups excluding carboxylic acids is 3. The summed E-state index contributed by atoms with van der Waals surface area (Å²) in [6.07, 6.45) is 1.35. The number of hydrogen-bond acceptors (Lipinski definition) is 7. The first-order valence-electron chi connectivity index (χ1n) is 8.54. The second kappa shape index (κ2) is 8.81. The van der Waals surface area contributed by atoms with Crippen LogP contribution >= 0.6 is 11.3 Å². The van der Waals surface area contributed by atoms with Crippen molar-refractivity contribution < 1.29 is 23.9 Å². The Morgan fingerprint density at radius 2 is 1.96 bits per heavy atom. The Labute approximate surface area is 161 Å². The number of nitrogens with one attached hydrogen (secondary N) is 1. The molecule has 2 heterocycles. The molecular weight excluding hydrogens is 370 g/mol. The van der Waals surface area contributed by atoms with Gasteiger partial charge in [-0.2, -0.15) is 5.10 Å². The van der Waals surface area contributed by atoms with E-state index >= 15 is 0 Å². The summed E-state index contributed by atoms with van der Waals surface area (Å²) in [5, 5.41) is 7.11. The summed E-state index contributed by atoms with van der Waals surface area (Å²) in [5.74, 6) is -1.50. The summed E-state index contributed by atoms with van der Waals surface area (Å²) in [6, 6.07) is 1.78. The first-order chi connectivity index (χ1) is 12.7. The molecule has 1 N–H and O–H groups in total. The quantitative estimate of drug-likeness (QED) is 0.726. The monoisotopic (exact) mass is 393 g/mol. The highest BCUT2D eigenvalue weighted by molar-refractivity contribution is 7.18. The zero-order valence-corrected chi connectivity index (χ0v) is 16.8. The van der Waals surface area contributed by atoms with E-state index in [4.69, 9.17) is 9.47 Å². The molecule has 2 aromatic rings. The lowest BCUT2D eigenvalue weighted by Crippen LogP contribution is -2.21. The molecule has 146 valence electrons. The van der Waals surface area contributed by atoms with E-state index in [9.17, 15) is 14.4 Å². The van der Waals surface area contributed by atoms with E-state index in [1.54, 1.807) is 40.0 Å². The molecule has 27 heavy (non-hydrogen) atoms. The average molecular weight is 393 g/mol. The Balaban J connectivity index is 2.31. The van der Waals surface area contributed by atoms with Crippen molar-refractivity contribution in [3.8, 4) is 0 Å². The van der Waals surface area contributed by atoms with Crippen molar-refractivity contribution in [2.75, 3.05) is 11.9 Å². The number of aryl methyl sites for hydroxylation is 1. The normalized spacial score (nSPS) is 10.7. The lowest BCUT2D eigenvalue weighted by molar-refractivity contribution is -0.116. The van der Waals surface area contributed by atoms with Crippen LogP contribution in [-0.2, 0) is 20.8 Å². The summed E-state index contributed by atoms with van der Waals surface area (Å²) in [6.45, 7) is 8.80. The third-order valence-corrected chi connectivity index (χ3v) is 4.67. The molecule has 0 aliphatic carbocycles. The van der Waals surface area contributed by atoms with Crippen LogP contribution in [0.1, 0.15) is 52.1 Å². The van der Waals surface area contributed by atoms with E-state index in [1.165, 1.54) is 4.68 Å². The lowest BCUT2D eigenvalue weighted by atomic mass is 10.1. The molecular formula is C18H23N3O5S. The van der Waals surface area contributed by atoms with Crippen LogP contribution in [0.25, 0.3) is 0 Å². The fourth-order valence-electron chi connectivity index (χ4n) is 2.38. The highest BCUT2D eigenvalue weighted by Crippen LogP contribution is 2.34. The maximum absolute atomic E-state index is 12.5. The van der Waals surface area contributed by atoms with Crippen LogP contribution in [0.3, 0.4) is 0 Å². The van der Waals surface area contributed by atoms with Gasteiger partial charge in [0.15, 0.2) is 0 Å². The number of ether oxygens (including phenoxy) is 2. The van der Waals surface area contributed by atoms with E-state index in [2.05, 4.69) is 10.4 Å². The summed E-state index contributed by atoms with van der Waals surface area (Å²) >= 11 is 0.997. The molecule has 0 aromatic carbocycles. The molecule has 0 radical (unpaired) electrons. The van der Waals surface area contributed by atoms with Crippen molar-refractivity contribution in [1.82, 2.24) is 9.78 Å². The minimum Gasteiger partial charge on any atom is -0.462 e. The van der Waals surface area contributed by atoms with Crippen LogP contribution in [0.4, 0.5) is 5.00 Å². The van der Waals surface area contributed by atoms with Gasteiger partial charge in [-0.3, -0.25) is 9.48 Å². The molecule has 9 heteroatoms. The Morgan fingerprint density at radius 1 is 1.26 bits per heavy atom. The van der Waals surface area contributed by atoms with Crippen molar-refractivity contribution in [1.29, 1.82) is 0 Å². The van der Waals surface area contributed by atoms with Gasteiger partial charge in [-0.15, -0.1) is 11.3 Å². The number of carbonyl (C=O) groups is 3. The van der Waals surface area contributed by atoms with Crippen LogP contribution in [0.15, 0.2) is 12.3 Å². The van der Waals surface area contributed by atoms with Crippen LogP contribution in [0, 0.1) is 13.8 Å². The minimum absolute atomic E-state index is 0.0157. The second-order valence-corrected chi connectivity index (χ2v) is 7.16. The Bertz CT molecular complexity index is 853. The molecule has 0 spiro atoms. The van der Waals surface area contributed by atoms with Crippen LogP contribution in [0.5, 0.6) is 0 Å². The predicted octanol–water partition coefficient (Wildman–Crippen LogP) is 2.94. The van der Waals surface area contributed by atoms with Gasteiger partial charge in [-0.25, -0.2) is 9.59 Å². The van der Waals surface area contributed by atoms with Gasteiger partial charge in [0.1, 0.15) is 16.4 Å². The maximum Gasteiger partial charge on any atom is 0.348 e. The third-order valence-electron chi connectivity index (χ3n) is 3.49. The Morgan fingerprint density at radius 3 is 2.52 bits per heavy atom. The van der Waals surface area contributed by atoms with E-state index in [0.717, 1.165) is 17.0 Å². The van der Waals surface area contributed by atoms with E-state index < -0.39 is 11.9 Å². The summed E-state index contributed by atoms with van der Waals surface area (Å²) in [7, 11) is 0. The molecule has 2 aromatic heterocycles. The molecule has 0 aliphatic rings. The second-order valence-electron chi connectivity index (χ2n) is 6.14. The number of aromatic nitrogens is 2. The topological polar surface area (TPSA) is 99.5 Å². The number of thiophene rings is 1. The van der Waals surface area contributed by atoms with Gasteiger partial charge in [0.05, 0.1) is 24.0 Å². The van der Waals surface area contributed by atoms with E-state index in [-0.39, 0.29) is 40.6 Å². The average Bonchev–Trinajstić information content (AvgIpc) is 3.10. The maximum atomic E-state index is 12.5. The number of rotatable bonds is 7. The molecule has 0 saturated heterocycles. The molecule has 8 nitrogen and oxygen atoms in total. The fraction of sp³-hybridized carbons (Fsp3) is 0.444. The SMILES string of the molecule is CCOC(=O)c1sc(NC(=O)Cn2ccc(C)n2)c(C(=O)OC(C)C)c1C. The predicted molar refractivity (Wildman–Crippen MR) is 101 cm³/mol. The van der Waals surface area contributed by atoms with Crippen molar-refractivity contribution in [2.24, 2.45) is 0 Å². The number of anilines is 1. The number of hydrogen-bond donors (Lipinski definition) is 1. The van der Waals surface area contributed by atoms with E-state index in [1.807, 2.05) is 6.92 Å². The molecule has 1 amide bonds. The molecule has 0 saturated carbocycles. The van der Waals surface area contributed by atoms with Gasteiger partial charge in [-0.05, 0) is 46.2 Å². The highest BCUT2D eigenvalue weighted by atomic mass is 32.1. The molecule has 2 rings (SSSR count). The van der Waals surface area contributed by atoms with Crippen LogP contribution < -0.4 is 5.32 Å². The summed E-state index contributed by atoms with van der Waals surface area (Å²) in [4.78, 5) is 37.3. The van der Waals surface area contributed by atoms with Crippen molar-refractivity contribution in [3.63, 3.8) is 0 Å². The van der Waals surface area contributed by atoms with Crippen molar-refractivity contribution in [2.45, 2.75) is 47.3 Å². The minimum atomic E-state index is -0.598. The van der Waals surface area contributed by atoms with Gasteiger partial charge in [0.25, 0.3) is 0 Å². The molecule has 0 atom stereocenters.